The van der Waals surface area contributed by atoms with E-state index >= 15 is 0 Å². The van der Waals surface area contributed by atoms with Crippen molar-refractivity contribution in [1.82, 2.24) is 10.2 Å². The molecule has 5 nitrogen and oxygen atoms in total. The van der Waals surface area contributed by atoms with Gasteiger partial charge in [-0.05, 0) is 25.2 Å². The maximum atomic E-state index is 12.0. The summed E-state index contributed by atoms with van der Waals surface area (Å²) in [6.07, 6.45) is 7.45. The van der Waals surface area contributed by atoms with E-state index < -0.39 is 11.4 Å². The first kappa shape index (κ1) is 13.9. The average Bonchev–Trinajstić information content (AvgIpc) is 2.91. The summed E-state index contributed by atoms with van der Waals surface area (Å²) in [6, 6.07) is -0.143. The Balaban J connectivity index is 1.92. The lowest BCUT2D eigenvalue weighted by Crippen LogP contribution is -2.41. The first-order valence-corrected chi connectivity index (χ1v) is 7.01. The van der Waals surface area contributed by atoms with E-state index in [1.54, 1.807) is 4.90 Å². The van der Waals surface area contributed by atoms with Gasteiger partial charge in [-0.25, -0.2) is 4.79 Å². The quantitative estimate of drug-likeness (QED) is 0.763. The molecule has 0 spiro atoms. The molecule has 0 radical (unpaired) electrons. The molecule has 0 unspecified atom stereocenters. The maximum Gasteiger partial charge on any atom is 0.317 e. The number of nitrogens with zero attached hydrogens (tertiary/aromatic N) is 1. The Morgan fingerprint density at radius 2 is 2.26 bits per heavy atom. The van der Waals surface area contributed by atoms with E-state index in [-0.39, 0.29) is 11.9 Å². The second-order valence-corrected chi connectivity index (χ2v) is 5.50. The molecule has 1 saturated heterocycles. The predicted molar refractivity (Wildman–Crippen MR) is 71.8 cm³/mol. The van der Waals surface area contributed by atoms with Gasteiger partial charge in [-0.2, -0.15) is 0 Å². The van der Waals surface area contributed by atoms with E-state index in [9.17, 15) is 14.7 Å². The summed E-state index contributed by atoms with van der Waals surface area (Å²) in [5, 5.41) is 12.3. The lowest BCUT2D eigenvalue weighted by Gasteiger charge is -2.23. The number of nitrogens with one attached hydrogen (secondary N) is 1. The summed E-state index contributed by atoms with van der Waals surface area (Å²) < 4.78 is 0. The lowest BCUT2D eigenvalue weighted by atomic mass is 9.81. The zero-order valence-electron chi connectivity index (χ0n) is 11.4. The van der Waals surface area contributed by atoms with Crippen molar-refractivity contribution in [1.29, 1.82) is 0 Å². The molecule has 19 heavy (non-hydrogen) atoms. The number of hydrogen-bond acceptors (Lipinski definition) is 2. The second kappa shape index (κ2) is 5.63. The van der Waals surface area contributed by atoms with E-state index in [1.807, 2.05) is 19.1 Å². The molecule has 0 aromatic carbocycles. The molecular formula is C14H22N2O3. The largest absolute Gasteiger partial charge is 0.481 e. The van der Waals surface area contributed by atoms with Crippen LogP contribution in [0.25, 0.3) is 0 Å². The summed E-state index contributed by atoms with van der Waals surface area (Å²) in [5.74, 6) is -0.613. The number of carbonyl (C=O) groups excluding carboxylic acids is 1. The third-order valence-corrected chi connectivity index (χ3v) is 4.36. The fourth-order valence-corrected chi connectivity index (χ4v) is 3.30. The van der Waals surface area contributed by atoms with Crippen LogP contribution in [0.5, 0.6) is 0 Å². The minimum atomic E-state index is -0.740. The first-order chi connectivity index (χ1) is 9.10. The molecule has 2 rings (SSSR count). The number of aliphatic carboxylic acids is 1. The van der Waals surface area contributed by atoms with Crippen LogP contribution < -0.4 is 5.32 Å². The minimum Gasteiger partial charge on any atom is -0.481 e. The Morgan fingerprint density at radius 3 is 2.89 bits per heavy atom. The number of urea groups is 1. The van der Waals surface area contributed by atoms with Crippen LogP contribution in [0.4, 0.5) is 4.79 Å². The van der Waals surface area contributed by atoms with Gasteiger partial charge in [0, 0.05) is 19.6 Å². The van der Waals surface area contributed by atoms with Gasteiger partial charge in [0.2, 0.25) is 0 Å². The van der Waals surface area contributed by atoms with E-state index in [1.165, 1.54) is 0 Å². The van der Waals surface area contributed by atoms with Crippen LogP contribution in [0.15, 0.2) is 12.2 Å². The summed E-state index contributed by atoms with van der Waals surface area (Å²) in [4.78, 5) is 25.2. The summed E-state index contributed by atoms with van der Waals surface area (Å²) in [5.41, 5.74) is -0.684. The molecule has 1 heterocycles. The van der Waals surface area contributed by atoms with Crippen LogP contribution in [-0.4, -0.2) is 41.6 Å². The van der Waals surface area contributed by atoms with Gasteiger partial charge in [0.05, 0.1) is 5.41 Å². The number of hydrogen-bond donors (Lipinski definition) is 2. The van der Waals surface area contributed by atoms with Gasteiger partial charge in [-0.1, -0.05) is 25.5 Å². The fourth-order valence-electron chi connectivity index (χ4n) is 3.30. The molecule has 0 aromatic rings. The highest BCUT2D eigenvalue weighted by Gasteiger charge is 2.55. The number of carboxylic acid groups (broad SMARTS) is 1. The highest BCUT2D eigenvalue weighted by molar-refractivity contribution is 5.80. The van der Waals surface area contributed by atoms with Gasteiger partial charge in [-0.15, -0.1) is 0 Å². The highest BCUT2D eigenvalue weighted by Crippen LogP contribution is 2.48. The van der Waals surface area contributed by atoms with Crippen LogP contribution in [0.3, 0.4) is 0 Å². The van der Waals surface area contributed by atoms with Crippen LogP contribution in [0, 0.1) is 11.3 Å². The van der Waals surface area contributed by atoms with Crippen LogP contribution in [0.2, 0.25) is 0 Å². The zero-order valence-corrected chi connectivity index (χ0v) is 11.4. The molecule has 1 aliphatic heterocycles. The number of fused-ring (bicyclic) bond motifs is 1. The fraction of sp³-hybridized carbons (Fsp3) is 0.714. The zero-order chi connectivity index (χ0) is 13.9. The molecule has 0 bridgehead atoms. The van der Waals surface area contributed by atoms with Crippen molar-refractivity contribution in [2.45, 2.75) is 32.6 Å². The van der Waals surface area contributed by atoms with Gasteiger partial charge >= 0.3 is 12.0 Å². The first-order valence-electron chi connectivity index (χ1n) is 7.01. The van der Waals surface area contributed by atoms with E-state index in [2.05, 4.69) is 5.32 Å². The van der Waals surface area contributed by atoms with Crippen molar-refractivity contribution >= 4 is 12.0 Å². The molecular weight excluding hydrogens is 244 g/mol. The monoisotopic (exact) mass is 266 g/mol. The molecule has 2 amide bonds. The highest BCUT2D eigenvalue weighted by atomic mass is 16.4. The van der Waals surface area contributed by atoms with Crippen LogP contribution >= 0.6 is 0 Å². The molecule has 0 aromatic heterocycles. The molecule has 5 heteroatoms. The van der Waals surface area contributed by atoms with Gasteiger partial charge in [-0.3, -0.25) is 4.79 Å². The Bertz CT molecular complexity index is 394. The molecule has 2 atom stereocenters. The Hall–Kier alpha value is -1.52. The number of carbonyl (C=O) groups is 2. The smallest absolute Gasteiger partial charge is 0.317 e. The Kier molecular flexibility index (Phi) is 4.12. The van der Waals surface area contributed by atoms with Gasteiger partial charge in [0.15, 0.2) is 0 Å². The summed E-state index contributed by atoms with van der Waals surface area (Å²) >= 11 is 0. The van der Waals surface area contributed by atoms with Crippen molar-refractivity contribution in [3.05, 3.63) is 12.2 Å². The number of likely N-dealkylation sites (tertiary alicyclic amines) is 1. The van der Waals surface area contributed by atoms with E-state index in [0.717, 1.165) is 19.3 Å². The second-order valence-electron chi connectivity index (χ2n) is 5.50. The Labute approximate surface area is 113 Å². The number of amides is 2. The van der Waals surface area contributed by atoms with Crippen molar-refractivity contribution < 1.29 is 14.7 Å². The number of allylic oxidation sites excluding steroid dienone is 1. The normalized spacial score (nSPS) is 29.7. The van der Waals surface area contributed by atoms with Gasteiger partial charge < -0.3 is 15.3 Å². The van der Waals surface area contributed by atoms with Crippen molar-refractivity contribution in [3.63, 3.8) is 0 Å². The maximum absolute atomic E-state index is 12.0. The molecule has 1 saturated carbocycles. The predicted octanol–water partition coefficient (Wildman–Crippen LogP) is 1.85. The Morgan fingerprint density at radius 1 is 1.47 bits per heavy atom. The third kappa shape index (κ3) is 2.60. The minimum absolute atomic E-state index is 0.127. The van der Waals surface area contributed by atoms with Crippen molar-refractivity contribution in [2.24, 2.45) is 11.3 Å². The number of rotatable bonds is 4. The lowest BCUT2D eigenvalue weighted by molar-refractivity contribution is -0.149. The topological polar surface area (TPSA) is 69.6 Å². The van der Waals surface area contributed by atoms with E-state index in [4.69, 9.17) is 0 Å². The van der Waals surface area contributed by atoms with E-state index in [0.29, 0.717) is 26.1 Å². The third-order valence-electron chi connectivity index (χ3n) is 4.36. The molecule has 2 fully saturated rings. The molecule has 2 N–H and O–H groups in total. The summed E-state index contributed by atoms with van der Waals surface area (Å²) in [7, 11) is 0. The molecule has 2 aliphatic rings. The molecule has 1 aliphatic carbocycles. The van der Waals surface area contributed by atoms with Gasteiger partial charge in [0.1, 0.15) is 0 Å². The average molecular weight is 266 g/mol. The van der Waals surface area contributed by atoms with Crippen LogP contribution in [-0.2, 0) is 4.79 Å². The SMILES string of the molecule is CC/C=C/CNC(=O)N1C[C@@H]2CCC[C@@]2(C(=O)O)C1. The van der Waals surface area contributed by atoms with Crippen molar-refractivity contribution in [2.75, 3.05) is 19.6 Å². The van der Waals surface area contributed by atoms with Crippen molar-refractivity contribution in [3.8, 4) is 0 Å². The standard InChI is InChI=1S/C14H22N2O3/c1-2-3-4-8-15-13(19)16-9-11-6-5-7-14(11,10-16)12(17)18/h3-4,11H,2,5-10H2,1H3,(H,15,19)(H,17,18)/b4-3+/t11-,14+/m0/s1. The number of carboxylic acids is 1. The van der Waals surface area contributed by atoms with Crippen LogP contribution in [0.1, 0.15) is 32.6 Å². The van der Waals surface area contributed by atoms with Gasteiger partial charge in [0.25, 0.3) is 0 Å². The molecule has 106 valence electrons. The summed E-state index contributed by atoms with van der Waals surface area (Å²) in [6.45, 7) is 3.48.